The minimum atomic E-state index is 0.803. The van der Waals surface area contributed by atoms with Crippen LogP contribution in [0.3, 0.4) is 0 Å². The standard InChI is InChI=1S/C11H11ClN/c12-11-3-1-2-10(8-11)9-4-6-13-7-5-9/h1-4,6,8,13H,5,7H2. The molecule has 2 rings (SSSR count). The molecule has 1 N–H and O–H groups in total. The van der Waals surface area contributed by atoms with E-state index in [4.69, 9.17) is 11.6 Å². The average Bonchev–Trinajstić information content (AvgIpc) is 2.19. The summed E-state index contributed by atoms with van der Waals surface area (Å²) in [7, 11) is 0. The molecule has 0 bridgehead atoms. The van der Waals surface area contributed by atoms with Crippen LogP contribution in [0.15, 0.2) is 30.3 Å². The highest BCUT2D eigenvalue weighted by molar-refractivity contribution is 6.30. The van der Waals surface area contributed by atoms with E-state index in [-0.39, 0.29) is 0 Å². The van der Waals surface area contributed by atoms with Gasteiger partial charge in [-0.1, -0.05) is 29.8 Å². The topological polar surface area (TPSA) is 12.0 Å². The van der Waals surface area contributed by atoms with Crippen LogP contribution in [0.25, 0.3) is 5.57 Å². The van der Waals surface area contributed by atoms with Crippen molar-refractivity contribution in [3.63, 3.8) is 0 Å². The van der Waals surface area contributed by atoms with Crippen LogP contribution in [0, 0.1) is 6.54 Å². The molecule has 1 aliphatic heterocycles. The lowest BCUT2D eigenvalue weighted by molar-refractivity contribution is 0.802. The Morgan fingerprint density at radius 3 is 2.92 bits per heavy atom. The predicted molar refractivity (Wildman–Crippen MR) is 56.3 cm³/mol. The molecular formula is C11H11ClN. The number of nitrogens with one attached hydrogen (secondary N) is 1. The second kappa shape index (κ2) is 3.95. The number of halogens is 1. The Balaban J connectivity index is 2.29. The maximum atomic E-state index is 5.91. The van der Waals surface area contributed by atoms with Crippen LogP contribution in [-0.2, 0) is 0 Å². The van der Waals surface area contributed by atoms with Gasteiger partial charge in [0.2, 0.25) is 0 Å². The molecule has 0 fully saturated rings. The van der Waals surface area contributed by atoms with Gasteiger partial charge in [-0.15, -0.1) is 0 Å². The molecule has 1 aromatic rings. The first kappa shape index (κ1) is 8.79. The molecule has 1 aliphatic rings. The van der Waals surface area contributed by atoms with Crippen molar-refractivity contribution < 1.29 is 0 Å². The van der Waals surface area contributed by atoms with Gasteiger partial charge >= 0.3 is 0 Å². The van der Waals surface area contributed by atoms with Crippen molar-refractivity contribution in [2.24, 2.45) is 0 Å². The molecule has 67 valence electrons. The third-order valence-electron chi connectivity index (χ3n) is 2.14. The highest BCUT2D eigenvalue weighted by Gasteiger charge is 2.05. The smallest absolute Gasteiger partial charge is 0.0448 e. The third kappa shape index (κ3) is 2.11. The van der Waals surface area contributed by atoms with Crippen LogP contribution < -0.4 is 5.32 Å². The third-order valence-corrected chi connectivity index (χ3v) is 2.37. The van der Waals surface area contributed by atoms with Crippen molar-refractivity contribution in [1.82, 2.24) is 5.32 Å². The van der Waals surface area contributed by atoms with Gasteiger partial charge in [0.1, 0.15) is 0 Å². The largest absolute Gasteiger partial charge is 0.309 e. The maximum absolute atomic E-state index is 5.91. The molecule has 0 amide bonds. The molecule has 0 atom stereocenters. The van der Waals surface area contributed by atoms with Crippen LogP contribution >= 0.6 is 11.6 Å². The zero-order chi connectivity index (χ0) is 9.10. The highest BCUT2D eigenvalue weighted by Crippen LogP contribution is 2.22. The van der Waals surface area contributed by atoms with E-state index in [0.717, 1.165) is 18.0 Å². The summed E-state index contributed by atoms with van der Waals surface area (Å²) in [5.41, 5.74) is 2.58. The van der Waals surface area contributed by atoms with Gasteiger partial charge in [-0.05, 0) is 36.2 Å². The van der Waals surface area contributed by atoms with Gasteiger partial charge in [-0.25, -0.2) is 0 Å². The quantitative estimate of drug-likeness (QED) is 0.722. The molecule has 1 heterocycles. The molecule has 0 unspecified atom stereocenters. The van der Waals surface area contributed by atoms with E-state index in [1.54, 1.807) is 0 Å². The van der Waals surface area contributed by atoms with E-state index in [9.17, 15) is 0 Å². The molecular weight excluding hydrogens is 182 g/mol. The minimum absolute atomic E-state index is 0.803. The monoisotopic (exact) mass is 192 g/mol. The van der Waals surface area contributed by atoms with Crippen molar-refractivity contribution in [2.45, 2.75) is 6.42 Å². The molecule has 0 saturated carbocycles. The lowest BCUT2D eigenvalue weighted by atomic mass is 10.0. The van der Waals surface area contributed by atoms with Crippen molar-refractivity contribution in [3.05, 3.63) is 47.5 Å². The normalized spacial score (nSPS) is 16.8. The first-order valence-electron chi connectivity index (χ1n) is 4.38. The molecule has 0 spiro atoms. The lowest BCUT2D eigenvalue weighted by Gasteiger charge is -2.13. The molecule has 0 saturated heterocycles. The molecule has 1 nitrogen and oxygen atoms in total. The number of hydrogen-bond acceptors (Lipinski definition) is 1. The fourth-order valence-electron chi connectivity index (χ4n) is 1.46. The second-order valence-electron chi connectivity index (χ2n) is 3.07. The van der Waals surface area contributed by atoms with Crippen LogP contribution in [0.4, 0.5) is 0 Å². The van der Waals surface area contributed by atoms with Gasteiger partial charge in [-0.3, -0.25) is 0 Å². The zero-order valence-electron chi connectivity index (χ0n) is 7.26. The molecule has 13 heavy (non-hydrogen) atoms. The summed E-state index contributed by atoms with van der Waals surface area (Å²) in [5, 5.41) is 3.97. The Morgan fingerprint density at radius 2 is 2.23 bits per heavy atom. The Kier molecular flexibility index (Phi) is 2.67. The summed E-state index contributed by atoms with van der Waals surface area (Å²) < 4.78 is 0. The van der Waals surface area contributed by atoms with E-state index in [1.165, 1.54) is 11.1 Å². The lowest BCUT2D eigenvalue weighted by Crippen LogP contribution is -2.15. The van der Waals surface area contributed by atoms with Crippen molar-refractivity contribution in [1.29, 1.82) is 0 Å². The summed E-state index contributed by atoms with van der Waals surface area (Å²) >= 11 is 5.91. The predicted octanol–water partition coefficient (Wildman–Crippen LogP) is 2.88. The Hall–Kier alpha value is -0.790. The average molecular weight is 193 g/mol. The minimum Gasteiger partial charge on any atom is -0.309 e. The van der Waals surface area contributed by atoms with Gasteiger partial charge < -0.3 is 5.32 Å². The summed E-state index contributed by atoms with van der Waals surface area (Å²) in [5.74, 6) is 0. The van der Waals surface area contributed by atoms with E-state index < -0.39 is 0 Å². The van der Waals surface area contributed by atoms with Crippen LogP contribution in [0.1, 0.15) is 12.0 Å². The number of benzene rings is 1. The van der Waals surface area contributed by atoms with Crippen molar-refractivity contribution in [3.8, 4) is 0 Å². The van der Waals surface area contributed by atoms with Gasteiger partial charge in [0.25, 0.3) is 0 Å². The van der Waals surface area contributed by atoms with Crippen molar-refractivity contribution in [2.75, 3.05) is 6.54 Å². The van der Waals surface area contributed by atoms with Gasteiger partial charge in [0.05, 0.1) is 0 Å². The molecule has 0 aliphatic carbocycles. The summed E-state index contributed by atoms with van der Waals surface area (Å²) in [6, 6.07) is 7.99. The molecule has 1 aromatic carbocycles. The number of rotatable bonds is 1. The van der Waals surface area contributed by atoms with Crippen LogP contribution in [0.5, 0.6) is 0 Å². The molecule has 2 heteroatoms. The molecule has 0 aromatic heterocycles. The van der Waals surface area contributed by atoms with E-state index in [2.05, 4.69) is 17.5 Å². The maximum Gasteiger partial charge on any atom is 0.0448 e. The Labute approximate surface area is 83.4 Å². The van der Waals surface area contributed by atoms with E-state index >= 15 is 0 Å². The number of hydrogen-bond donors (Lipinski definition) is 1. The summed E-state index contributed by atoms with van der Waals surface area (Å²) in [6.07, 6.45) is 3.17. The fraction of sp³-hybridized carbons (Fsp3) is 0.182. The summed E-state index contributed by atoms with van der Waals surface area (Å²) in [4.78, 5) is 0. The summed E-state index contributed by atoms with van der Waals surface area (Å²) in [6.45, 7) is 3.00. The van der Waals surface area contributed by atoms with Gasteiger partial charge in [-0.2, -0.15) is 0 Å². The first-order valence-corrected chi connectivity index (χ1v) is 4.76. The van der Waals surface area contributed by atoms with Crippen LogP contribution in [0.2, 0.25) is 5.02 Å². The SMILES string of the molecule is Clc1cccc(C2=C[CH]NCC2)c1. The zero-order valence-corrected chi connectivity index (χ0v) is 8.01. The van der Waals surface area contributed by atoms with Gasteiger partial charge in [0.15, 0.2) is 0 Å². The first-order chi connectivity index (χ1) is 6.36. The fourth-order valence-corrected chi connectivity index (χ4v) is 1.65. The van der Waals surface area contributed by atoms with E-state index in [0.29, 0.717) is 0 Å². The highest BCUT2D eigenvalue weighted by atomic mass is 35.5. The van der Waals surface area contributed by atoms with E-state index in [1.807, 2.05) is 24.7 Å². The Bertz CT molecular complexity index is 331. The van der Waals surface area contributed by atoms with Crippen molar-refractivity contribution >= 4 is 17.2 Å². The Morgan fingerprint density at radius 1 is 1.31 bits per heavy atom. The molecule has 1 radical (unpaired) electrons. The second-order valence-corrected chi connectivity index (χ2v) is 3.51. The van der Waals surface area contributed by atoms with Crippen LogP contribution in [-0.4, -0.2) is 6.54 Å². The van der Waals surface area contributed by atoms with Gasteiger partial charge in [0, 0.05) is 11.6 Å².